The van der Waals surface area contributed by atoms with E-state index in [0.717, 1.165) is 22.9 Å². The highest BCUT2D eigenvalue weighted by molar-refractivity contribution is 9.10. The number of hydrogen-bond donors (Lipinski definition) is 0. The van der Waals surface area contributed by atoms with Gasteiger partial charge in [0.25, 0.3) is 0 Å². The first-order chi connectivity index (χ1) is 9.24. The first-order valence-corrected chi connectivity index (χ1v) is 7.92. The van der Waals surface area contributed by atoms with Crippen molar-refractivity contribution in [3.8, 4) is 0 Å². The first kappa shape index (κ1) is 16.2. The zero-order chi connectivity index (χ0) is 13.9. The summed E-state index contributed by atoms with van der Waals surface area (Å²) in [5, 5.41) is 0. The van der Waals surface area contributed by atoms with Gasteiger partial charge in [0.05, 0.1) is 13.0 Å². The molecule has 0 saturated heterocycles. The Hall–Kier alpha value is -0.830. The SMILES string of the molecule is CCCCCCCCOC(=O)Cc1ccccc1Br. The molecule has 0 radical (unpaired) electrons. The van der Waals surface area contributed by atoms with Gasteiger partial charge in [-0.15, -0.1) is 0 Å². The second kappa shape index (κ2) is 10.0. The average Bonchev–Trinajstić information content (AvgIpc) is 2.40. The van der Waals surface area contributed by atoms with Crippen LogP contribution in [0.15, 0.2) is 28.7 Å². The Balaban J connectivity index is 2.10. The van der Waals surface area contributed by atoms with Gasteiger partial charge in [0.2, 0.25) is 0 Å². The summed E-state index contributed by atoms with van der Waals surface area (Å²) >= 11 is 3.43. The van der Waals surface area contributed by atoms with Crippen molar-refractivity contribution in [3.05, 3.63) is 34.3 Å². The van der Waals surface area contributed by atoms with Crippen LogP contribution in [0.5, 0.6) is 0 Å². The monoisotopic (exact) mass is 326 g/mol. The third-order valence-electron chi connectivity index (χ3n) is 3.05. The van der Waals surface area contributed by atoms with E-state index in [2.05, 4.69) is 22.9 Å². The summed E-state index contributed by atoms with van der Waals surface area (Å²) in [6.45, 7) is 2.76. The van der Waals surface area contributed by atoms with Crippen molar-refractivity contribution < 1.29 is 9.53 Å². The van der Waals surface area contributed by atoms with Gasteiger partial charge >= 0.3 is 5.97 Å². The zero-order valence-corrected chi connectivity index (χ0v) is 13.2. The summed E-state index contributed by atoms with van der Waals surface area (Å²) in [5.41, 5.74) is 0.982. The van der Waals surface area contributed by atoms with Gasteiger partial charge in [-0.25, -0.2) is 0 Å². The minimum atomic E-state index is -0.138. The van der Waals surface area contributed by atoms with E-state index in [0.29, 0.717) is 13.0 Å². The second-order valence-corrected chi connectivity index (χ2v) is 5.61. The van der Waals surface area contributed by atoms with Crippen LogP contribution in [0.25, 0.3) is 0 Å². The summed E-state index contributed by atoms with van der Waals surface area (Å²) in [6.07, 6.45) is 7.59. The fraction of sp³-hybridized carbons (Fsp3) is 0.562. The first-order valence-electron chi connectivity index (χ1n) is 7.13. The largest absolute Gasteiger partial charge is 0.465 e. The Morgan fingerprint density at radius 1 is 1.11 bits per heavy atom. The highest BCUT2D eigenvalue weighted by Gasteiger charge is 2.07. The Labute approximate surface area is 124 Å². The number of hydrogen-bond acceptors (Lipinski definition) is 2. The summed E-state index contributed by atoms with van der Waals surface area (Å²) in [4.78, 5) is 11.7. The highest BCUT2D eigenvalue weighted by atomic mass is 79.9. The van der Waals surface area contributed by atoms with Crippen LogP contribution in [0.4, 0.5) is 0 Å². The van der Waals surface area contributed by atoms with Crippen LogP contribution in [0.3, 0.4) is 0 Å². The zero-order valence-electron chi connectivity index (χ0n) is 11.7. The van der Waals surface area contributed by atoms with Gasteiger partial charge in [0, 0.05) is 4.47 Å². The van der Waals surface area contributed by atoms with Crippen molar-refractivity contribution in [2.24, 2.45) is 0 Å². The van der Waals surface area contributed by atoms with Crippen molar-refractivity contribution in [2.45, 2.75) is 51.9 Å². The third kappa shape index (κ3) is 7.36. The summed E-state index contributed by atoms with van der Waals surface area (Å²) < 4.78 is 6.21. The molecule has 1 rings (SSSR count). The fourth-order valence-corrected chi connectivity index (χ4v) is 2.34. The normalized spacial score (nSPS) is 10.4. The van der Waals surface area contributed by atoms with Gasteiger partial charge in [-0.1, -0.05) is 73.2 Å². The third-order valence-corrected chi connectivity index (χ3v) is 3.83. The number of rotatable bonds is 9. The quantitative estimate of drug-likeness (QED) is 0.476. The molecular formula is C16H23BrO2. The number of esters is 1. The molecule has 106 valence electrons. The van der Waals surface area contributed by atoms with E-state index in [4.69, 9.17) is 4.74 Å². The Morgan fingerprint density at radius 3 is 2.53 bits per heavy atom. The van der Waals surface area contributed by atoms with Gasteiger partial charge < -0.3 is 4.74 Å². The van der Waals surface area contributed by atoms with Gasteiger partial charge in [0.15, 0.2) is 0 Å². The molecule has 0 amide bonds. The smallest absolute Gasteiger partial charge is 0.310 e. The van der Waals surface area contributed by atoms with Crippen molar-refractivity contribution in [1.29, 1.82) is 0 Å². The van der Waals surface area contributed by atoms with E-state index in [1.54, 1.807) is 0 Å². The Morgan fingerprint density at radius 2 is 1.79 bits per heavy atom. The average molecular weight is 327 g/mol. The van der Waals surface area contributed by atoms with E-state index in [9.17, 15) is 4.79 Å². The molecule has 0 fully saturated rings. The van der Waals surface area contributed by atoms with Crippen molar-refractivity contribution in [2.75, 3.05) is 6.61 Å². The van der Waals surface area contributed by atoms with Gasteiger partial charge in [-0.2, -0.15) is 0 Å². The predicted molar refractivity (Wildman–Crippen MR) is 82.2 cm³/mol. The highest BCUT2D eigenvalue weighted by Crippen LogP contribution is 2.16. The molecule has 0 aliphatic heterocycles. The van der Waals surface area contributed by atoms with Crippen LogP contribution in [-0.2, 0) is 16.0 Å². The topological polar surface area (TPSA) is 26.3 Å². The number of carbonyl (C=O) groups is 1. The van der Waals surface area contributed by atoms with E-state index in [1.165, 1.54) is 25.7 Å². The summed E-state index contributed by atoms with van der Waals surface area (Å²) in [5.74, 6) is -0.138. The minimum Gasteiger partial charge on any atom is -0.465 e. The molecule has 19 heavy (non-hydrogen) atoms. The second-order valence-electron chi connectivity index (χ2n) is 4.76. The number of unbranched alkanes of at least 4 members (excludes halogenated alkanes) is 5. The van der Waals surface area contributed by atoms with Gasteiger partial charge in [-0.3, -0.25) is 4.79 Å². The molecule has 1 aromatic rings. The lowest BCUT2D eigenvalue weighted by atomic mass is 10.1. The molecule has 2 nitrogen and oxygen atoms in total. The lowest BCUT2D eigenvalue weighted by molar-refractivity contribution is -0.142. The van der Waals surface area contributed by atoms with Crippen LogP contribution in [0, 0.1) is 0 Å². The van der Waals surface area contributed by atoms with E-state index in [1.807, 2.05) is 24.3 Å². The molecule has 0 atom stereocenters. The molecule has 0 bridgehead atoms. The van der Waals surface area contributed by atoms with Gasteiger partial charge in [0.1, 0.15) is 0 Å². The molecule has 0 N–H and O–H groups in total. The lowest BCUT2D eigenvalue weighted by Gasteiger charge is -2.06. The van der Waals surface area contributed by atoms with Crippen LogP contribution in [0.2, 0.25) is 0 Å². The molecular weight excluding hydrogens is 304 g/mol. The lowest BCUT2D eigenvalue weighted by Crippen LogP contribution is -2.09. The van der Waals surface area contributed by atoms with Crippen LogP contribution < -0.4 is 0 Å². The molecule has 3 heteroatoms. The maximum atomic E-state index is 11.7. The Kier molecular flexibility index (Phi) is 8.55. The van der Waals surface area contributed by atoms with Crippen LogP contribution in [-0.4, -0.2) is 12.6 Å². The number of halogens is 1. The maximum absolute atomic E-state index is 11.7. The van der Waals surface area contributed by atoms with E-state index < -0.39 is 0 Å². The van der Waals surface area contributed by atoms with Gasteiger partial charge in [-0.05, 0) is 18.1 Å². The predicted octanol–water partition coefficient (Wildman–Crippen LogP) is 4.90. The standard InChI is InChI=1S/C16H23BrO2/c1-2-3-4-5-6-9-12-19-16(18)13-14-10-7-8-11-15(14)17/h7-8,10-11H,2-6,9,12-13H2,1H3. The maximum Gasteiger partial charge on any atom is 0.310 e. The van der Waals surface area contributed by atoms with E-state index >= 15 is 0 Å². The van der Waals surface area contributed by atoms with Crippen molar-refractivity contribution in [3.63, 3.8) is 0 Å². The van der Waals surface area contributed by atoms with Crippen molar-refractivity contribution >= 4 is 21.9 Å². The van der Waals surface area contributed by atoms with Crippen LogP contribution in [0.1, 0.15) is 51.0 Å². The molecule has 0 aliphatic carbocycles. The number of ether oxygens (including phenoxy) is 1. The molecule has 0 aliphatic rings. The number of carbonyl (C=O) groups excluding carboxylic acids is 1. The molecule has 0 aromatic heterocycles. The molecule has 0 unspecified atom stereocenters. The van der Waals surface area contributed by atoms with Crippen molar-refractivity contribution in [1.82, 2.24) is 0 Å². The molecule has 0 saturated carbocycles. The number of benzene rings is 1. The summed E-state index contributed by atoms with van der Waals surface area (Å²) in [6, 6.07) is 7.75. The summed E-state index contributed by atoms with van der Waals surface area (Å²) in [7, 11) is 0. The Bertz CT molecular complexity index is 377. The molecule has 0 spiro atoms. The van der Waals surface area contributed by atoms with Crippen LogP contribution >= 0.6 is 15.9 Å². The van der Waals surface area contributed by atoms with E-state index in [-0.39, 0.29) is 5.97 Å². The molecule has 1 aromatic carbocycles. The minimum absolute atomic E-state index is 0.138. The fourth-order valence-electron chi connectivity index (χ4n) is 1.92. The molecule has 0 heterocycles.